The lowest BCUT2D eigenvalue weighted by molar-refractivity contribution is -0.113. The largest absolute Gasteiger partial charge is 0.496 e. The van der Waals surface area contributed by atoms with Crippen molar-refractivity contribution in [1.29, 1.82) is 0 Å². The number of carbonyl (C=O) groups excluding carboxylic acids is 2. The zero-order chi connectivity index (χ0) is 23.8. The molecular weight excluding hydrogens is 444 g/mol. The van der Waals surface area contributed by atoms with Crippen LogP contribution >= 0.6 is 11.8 Å². The second-order valence-corrected chi connectivity index (χ2v) is 7.79. The number of carbonyl (C=O) groups is 3. The molecule has 3 N–H and O–H groups in total. The van der Waals surface area contributed by atoms with Gasteiger partial charge in [-0.25, -0.2) is 4.79 Å². The van der Waals surface area contributed by atoms with E-state index in [1.807, 2.05) is 6.07 Å². The first-order valence-corrected chi connectivity index (χ1v) is 10.8. The van der Waals surface area contributed by atoms with Gasteiger partial charge in [0.1, 0.15) is 17.1 Å². The van der Waals surface area contributed by atoms with E-state index in [4.69, 9.17) is 14.6 Å². The van der Waals surface area contributed by atoms with E-state index < -0.39 is 5.97 Å². The lowest BCUT2D eigenvalue weighted by Gasteiger charge is -2.13. The fourth-order valence-corrected chi connectivity index (χ4v) is 3.76. The SMILES string of the molecule is COc1cccc(OC)c1C(=O)Nc1cccc(SCC(=O)Nc2cccc(C(=O)O)c2)c1. The van der Waals surface area contributed by atoms with Gasteiger partial charge in [-0.1, -0.05) is 18.2 Å². The Bertz CT molecular complexity index is 1160. The van der Waals surface area contributed by atoms with Gasteiger partial charge in [0.15, 0.2) is 0 Å². The normalized spacial score (nSPS) is 10.2. The first kappa shape index (κ1) is 23.7. The number of hydrogen-bond acceptors (Lipinski definition) is 6. The van der Waals surface area contributed by atoms with Crippen molar-refractivity contribution in [2.24, 2.45) is 0 Å². The van der Waals surface area contributed by atoms with Crippen molar-refractivity contribution in [3.8, 4) is 11.5 Å². The van der Waals surface area contributed by atoms with E-state index in [0.717, 1.165) is 4.90 Å². The van der Waals surface area contributed by atoms with Crippen molar-refractivity contribution in [3.63, 3.8) is 0 Å². The molecule has 0 saturated carbocycles. The highest BCUT2D eigenvalue weighted by Gasteiger charge is 2.18. The van der Waals surface area contributed by atoms with Crippen molar-refractivity contribution in [2.75, 3.05) is 30.6 Å². The highest BCUT2D eigenvalue weighted by Crippen LogP contribution is 2.30. The summed E-state index contributed by atoms with van der Waals surface area (Å²) in [6.45, 7) is 0. The fraction of sp³-hybridized carbons (Fsp3) is 0.125. The van der Waals surface area contributed by atoms with Crippen LogP contribution in [0.15, 0.2) is 71.6 Å². The van der Waals surface area contributed by atoms with E-state index in [1.165, 1.54) is 38.1 Å². The minimum atomic E-state index is -1.06. The van der Waals surface area contributed by atoms with Crippen LogP contribution in [0.2, 0.25) is 0 Å². The summed E-state index contributed by atoms with van der Waals surface area (Å²) in [5, 5.41) is 14.6. The summed E-state index contributed by atoms with van der Waals surface area (Å²) in [6.07, 6.45) is 0. The number of anilines is 2. The van der Waals surface area contributed by atoms with Gasteiger partial charge in [-0.05, 0) is 48.5 Å². The number of thioether (sulfide) groups is 1. The number of carboxylic acid groups (broad SMARTS) is 1. The van der Waals surface area contributed by atoms with Gasteiger partial charge >= 0.3 is 5.97 Å². The van der Waals surface area contributed by atoms with Crippen molar-refractivity contribution in [2.45, 2.75) is 4.90 Å². The van der Waals surface area contributed by atoms with E-state index >= 15 is 0 Å². The Balaban J connectivity index is 1.63. The molecule has 0 aliphatic carbocycles. The van der Waals surface area contributed by atoms with E-state index in [9.17, 15) is 14.4 Å². The molecule has 0 radical (unpaired) electrons. The summed E-state index contributed by atoms with van der Waals surface area (Å²) in [5.74, 6) is -0.847. The zero-order valence-electron chi connectivity index (χ0n) is 18.0. The predicted molar refractivity (Wildman–Crippen MR) is 127 cm³/mol. The number of methoxy groups -OCH3 is 2. The minimum Gasteiger partial charge on any atom is -0.496 e. The maximum absolute atomic E-state index is 12.8. The highest BCUT2D eigenvalue weighted by atomic mass is 32.2. The summed E-state index contributed by atoms with van der Waals surface area (Å²) in [6, 6.07) is 18.2. The summed E-state index contributed by atoms with van der Waals surface area (Å²) in [4.78, 5) is 37.0. The lowest BCUT2D eigenvalue weighted by atomic mass is 10.1. The summed E-state index contributed by atoms with van der Waals surface area (Å²) in [5.41, 5.74) is 1.33. The average molecular weight is 467 g/mol. The molecule has 0 aliphatic rings. The number of aromatic carboxylic acids is 1. The number of carboxylic acids is 1. The van der Waals surface area contributed by atoms with Crippen molar-refractivity contribution < 1.29 is 29.0 Å². The van der Waals surface area contributed by atoms with Crippen LogP contribution in [0.5, 0.6) is 11.5 Å². The molecule has 0 fully saturated rings. The molecule has 170 valence electrons. The number of nitrogens with one attached hydrogen (secondary N) is 2. The first-order chi connectivity index (χ1) is 15.9. The quantitative estimate of drug-likeness (QED) is 0.401. The van der Waals surface area contributed by atoms with Gasteiger partial charge in [0.05, 0.1) is 25.5 Å². The molecule has 33 heavy (non-hydrogen) atoms. The first-order valence-electron chi connectivity index (χ1n) is 9.79. The molecular formula is C24H22N2O6S. The van der Waals surface area contributed by atoms with E-state index in [0.29, 0.717) is 22.9 Å². The maximum atomic E-state index is 12.8. The average Bonchev–Trinajstić information content (AvgIpc) is 2.82. The van der Waals surface area contributed by atoms with E-state index in [1.54, 1.807) is 48.5 Å². The van der Waals surface area contributed by atoms with Crippen LogP contribution in [0, 0.1) is 0 Å². The molecule has 0 aromatic heterocycles. The molecule has 0 bridgehead atoms. The van der Waals surface area contributed by atoms with Crippen LogP contribution in [0.4, 0.5) is 11.4 Å². The van der Waals surface area contributed by atoms with E-state index in [2.05, 4.69) is 10.6 Å². The fourth-order valence-electron chi connectivity index (χ4n) is 3.01. The molecule has 0 unspecified atom stereocenters. The van der Waals surface area contributed by atoms with Crippen molar-refractivity contribution in [3.05, 3.63) is 77.9 Å². The van der Waals surface area contributed by atoms with Gasteiger partial charge < -0.3 is 25.2 Å². The molecule has 0 atom stereocenters. The number of ether oxygens (including phenoxy) is 2. The molecule has 0 spiro atoms. The molecule has 0 saturated heterocycles. The summed E-state index contributed by atoms with van der Waals surface area (Å²) in [7, 11) is 2.96. The Morgan fingerprint density at radius 3 is 2.09 bits per heavy atom. The van der Waals surface area contributed by atoms with Crippen LogP contribution in [0.1, 0.15) is 20.7 Å². The van der Waals surface area contributed by atoms with Crippen LogP contribution in [-0.2, 0) is 4.79 Å². The molecule has 0 heterocycles. The number of hydrogen-bond donors (Lipinski definition) is 3. The molecule has 3 rings (SSSR count). The van der Waals surface area contributed by atoms with Gasteiger partial charge in [0.25, 0.3) is 5.91 Å². The van der Waals surface area contributed by atoms with Crippen molar-refractivity contribution >= 4 is 40.9 Å². The Hall–Kier alpha value is -3.98. The maximum Gasteiger partial charge on any atom is 0.335 e. The van der Waals surface area contributed by atoms with E-state index in [-0.39, 0.29) is 28.7 Å². The van der Waals surface area contributed by atoms with Gasteiger partial charge in [-0.3, -0.25) is 9.59 Å². The predicted octanol–water partition coefficient (Wildman–Crippen LogP) is 4.39. The minimum absolute atomic E-state index is 0.0931. The van der Waals surface area contributed by atoms with Gasteiger partial charge in [-0.15, -0.1) is 11.8 Å². The molecule has 9 heteroatoms. The lowest BCUT2D eigenvalue weighted by Crippen LogP contribution is -2.15. The van der Waals surface area contributed by atoms with Crippen molar-refractivity contribution in [1.82, 2.24) is 0 Å². The monoisotopic (exact) mass is 466 g/mol. The van der Waals surface area contributed by atoms with Crippen LogP contribution in [0.25, 0.3) is 0 Å². The van der Waals surface area contributed by atoms with Gasteiger partial charge in [0, 0.05) is 16.3 Å². The zero-order valence-corrected chi connectivity index (χ0v) is 18.8. The Kier molecular flexibility index (Phi) is 7.93. The molecule has 3 aromatic rings. The number of benzene rings is 3. The van der Waals surface area contributed by atoms with Gasteiger partial charge in [0.2, 0.25) is 5.91 Å². The molecule has 2 amide bonds. The third kappa shape index (κ3) is 6.27. The van der Waals surface area contributed by atoms with Crippen LogP contribution in [0.3, 0.4) is 0 Å². The smallest absolute Gasteiger partial charge is 0.335 e. The number of amides is 2. The molecule has 0 aliphatic heterocycles. The Labute approximate surface area is 194 Å². The highest BCUT2D eigenvalue weighted by molar-refractivity contribution is 8.00. The van der Waals surface area contributed by atoms with Crippen LogP contribution in [-0.4, -0.2) is 42.9 Å². The third-order valence-electron chi connectivity index (χ3n) is 4.51. The Morgan fingerprint density at radius 1 is 0.848 bits per heavy atom. The number of rotatable bonds is 9. The second kappa shape index (κ2) is 11.1. The Morgan fingerprint density at radius 2 is 1.45 bits per heavy atom. The molecule has 8 nitrogen and oxygen atoms in total. The molecule has 3 aromatic carbocycles. The summed E-state index contributed by atoms with van der Waals surface area (Å²) >= 11 is 1.28. The van der Waals surface area contributed by atoms with Gasteiger partial charge in [-0.2, -0.15) is 0 Å². The topological polar surface area (TPSA) is 114 Å². The third-order valence-corrected chi connectivity index (χ3v) is 5.50. The van der Waals surface area contributed by atoms with Crippen LogP contribution < -0.4 is 20.1 Å². The standard InChI is InChI=1S/C24H22N2O6S/c1-31-19-10-5-11-20(32-2)22(19)23(28)26-17-8-4-9-18(13-17)33-14-21(27)25-16-7-3-6-15(12-16)24(29)30/h3-13H,14H2,1-2H3,(H,25,27)(H,26,28)(H,29,30). The summed E-state index contributed by atoms with van der Waals surface area (Å²) < 4.78 is 10.6. The second-order valence-electron chi connectivity index (χ2n) is 6.74.